The quantitative estimate of drug-likeness (QED) is 0.424. The molecule has 0 aromatic heterocycles. The number of aryl methyl sites for hydroxylation is 2. The second-order valence-corrected chi connectivity index (χ2v) is 11.5. The summed E-state index contributed by atoms with van der Waals surface area (Å²) in [5, 5.41) is 11.4. The SMILES string of the molecule is Cc1cccc(C)c1N1C(=O)C2N=NN(CC(=O)N3NC4=C(CCCC4=Cc4ccccc4)C3c3ccccc3)C2C1=O. The van der Waals surface area contributed by atoms with Gasteiger partial charge >= 0.3 is 0 Å². The van der Waals surface area contributed by atoms with E-state index in [2.05, 4.69) is 34.0 Å². The topological polar surface area (TPSA) is 97.7 Å². The van der Waals surface area contributed by atoms with E-state index < -0.39 is 23.9 Å². The van der Waals surface area contributed by atoms with Crippen molar-refractivity contribution in [2.75, 3.05) is 11.4 Å². The van der Waals surface area contributed by atoms with Crippen LogP contribution in [0, 0.1) is 13.8 Å². The normalized spacial score (nSPS) is 23.7. The Morgan fingerprint density at radius 2 is 1.60 bits per heavy atom. The summed E-state index contributed by atoms with van der Waals surface area (Å²) in [5.41, 5.74) is 11.1. The van der Waals surface area contributed by atoms with E-state index in [4.69, 9.17) is 0 Å². The summed E-state index contributed by atoms with van der Waals surface area (Å²) in [6.07, 6.45) is 4.93. The number of hydrogen-bond donors (Lipinski definition) is 1. The van der Waals surface area contributed by atoms with Crippen molar-refractivity contribution in [3.8, 4) is 0 Å². The first-order valence-corrected chi connectivity index (χ1v) is 14.7. The Morgan fingerprint density at radius 1 is 0.907 bits per heavy atom. The van der Waals surface area contributed by atoms with E-state index in [1.165, 1.54) is 15.5 Å². The van der Waals surface area contributed by atoms with Crippen molar-refractivity contribution >= 4 is 29.5 Å². The molecule has 0 spiro atoms. The molecule has 3 amide bonds. The van der Waals surface area contributed by atoms with Gasteiger partial charge in [0, 0.05) is 0 Å². The zero-order chi connectivity index (χ0) is 29.7. The summed E-state index contributed by atoms with van der Waals surface area (Å²) in [7, 11) is 0. The molecular weight excluding hydrogens is 540 g/mol. The Morgan fingerprint density at radius 3 is 2.33 bits per heavy atom. The van der Waals surface area contributed by atoms with Crippen LogP contribution >= 0.6 is 0 Å². The van der Waals surface area contributed by atoms with Gasteiger partial charge in [-0.2, -0.15) is 5.11 Å². The summed E-state index contributed by atoms with van der Waals surface area (Å²) >= 11 is 0. The number of amides is 3. The van der Waals surface area contributed by atoms with Crippen LogP contribution < -0.4 is 10.3 Å². The van der Waals surface area contributed by atoms with Crippen molar-refractivity contribution in [2.45, 2.75) is 51.2 Å². The van der Waals surface area contributed by atoms with Crippen molar-refractivity contribution in [3.05, 3.63) is 118 Å². The first kappa shape index (κ1) is 26.8. The number of carbonyl (C=O) groups excluding carboxylic acids is 3. The number of anilines is 1. The molecule has 3 atom stereocenters. The molecule has 1 saturated heterocycles. The van der Waals surface area contributed by atoms with Gasteiger partial charge in [-0.05, 0) is 72.6 Å². The predicted octanol–water partition coefficient (Wildman–Crippen LogP) is 5.21. The molecule has 1 fully saturated rings. The van der Waals surface area contributed by atoms with Crippen LogP contribution in [0.3, 0.4) is 0 Å². The molecule has 43 heavy (non-hydrogen) atoms. The van der Waals surface area contributed by atoms with Gasteiger partial charge < -0.3 is 0 Å². The summed E-state index contributed by atoms with van der Waals surface area (Å²) in [6, 6.07) is 23.6. The molecule has 1 aliphatic carbocycles. The van der Waals surface area contributed by atoms with Crippen LogP contribution in [0.4, 0.5) is 5.69 Å². The molecule has 216 valence electrons. The Kier molecular flexibility index (Phi) is 6.65. The van der Waals surface area contributed by atoms with Gasteiger partial charge in [-0.25, -0.2) is 9.91 Å². The lowest BCUT2D eigenvalue weighted by Gasteiger charge is -2.29. The van der Waals surface area contributed by atoms with Gasteiger partial charge in [-0.3, -0.25) is 24.8 Å². The van der Waals surface area contributed by atoms with Crippen molar-refractivity contribution in [1.82, 2.24) is 15.4 Å². The van der Waals surface area contributed by atoms with Crippen LogP contribution in [-0.2, 0) is 14.4 Å². The van der Waals surface area contributed by atoms with Crippen molar-refractivity contribution in [1.29, 1.82) is 0 Å². The van der Waals surface area contributed by atoms with E-state index in [0.29, 0.717) is 5.69 Å². The number of nitrogens with zero attached hydrogens (tertiary/aromatic N) is 5. The fourth-order valence-corrected chi connectivity index (χ4v) is 6.72. The maximum absolute atomic E-state index is 14.1. The summed E-state index contributed by atoms with van der Waals surface area (Å²) in [6.45, 7) is 3.55. The van der Waals surface area contributed by atoms with Crippen molar-refractivity contribution < 1.29 is 14.4 Å². The minimum absolute atomic E-state index is 0.196. The summed E-state index contributed by atoms with van der Waals surface area (Å²) in [5.74, 6) is -1.09. The molecule has 3 aliphatic heterocycles. The molecule has 0 saturated carbocycles. The second kappa shape index (κ2) is 10.7. The van der Waals surface area contributed by atoms with Gasteiger partial charge in [0.05, 0.1) is 11.4 Å². The van der Waals surface area contributed by atoms with E-state index in [0.717, 1.165) is 52.8 Å². The lowest BCUT2D eigenvalue weighted by Crippen LogP contribution is -2.48. The maximum atomic E-state index is 14.1. The fourth-order valence-electron chi connectivity index (χ4n) is 6.72. The number of allylic oxidation sites excluding steroid dienone is 1. The standard InChI is InChI=1S/C34H32N6O3/c1-21-11-9-12-22(2)30(21)39-33(42)29-32(34(39)43)38(37-35-29)20-27(41)40-31(24-15-7-4-8-16-24)26-18-10-17-25(28(26)36-40)19-23-13-5-3-6-14-23/h3-9,11-16,19,29,31-32,36H,10,17-18,20H2,1-2H3. The second-order valence-electron chi connectivity index (χ2n) is 11.5. The lowest BCUT2D eigenvalue weighted by molar-refractivity contribution is -0.137. The number of rotatable bonds is 5. The van der Waals surface area contributed by atoms with Crippen molar-refractivity contribution in [3.63, 3.8) is 0 Å². The average molecular weight is 573 g/mol. The zero-order valence-corrected chi connectivity index (χ0v) is 24.1. The number of fused-ring (bicyclic) bond motifs is 1. The number of carbonyl (C=O) groups is 3. The lowest BCUT2D eigenvalue weighted by atomic mass is 9.86. The van der Waals surface area contributed by atoms with Crippen LogP contribution in [0.5, 0.6) is 0 Å². The van der Waals surface area contributed by atoms with Gasteiger partial charge in [-0.15, -0.1) is 0 Å². The molecule has 3 unspecified atom stereocenters. The molecular formula is C34H32N6O3. The minimum Gasteiger partial charge on any atom is -0.295 e. The number of benzene rings is 3. The highest BCUT2D eigenvalue weighted by Gasteiger charge is 2.56. The van der Waals surface area contributed by atoms with Gasteiger partial charge in [-0.1, -0.05) is 84.1 Å². The largest absolute Gasteiger partial charge is 0.295 e. The number of nitrogens with one attached hydrogen (secondary N) is 1. The van der Waals surface area contributed by atoms with Crippen LogP contribution in [0.1, 0.15) is 47.6 Å². The van der Waals surface area contributed by atoms with Crippen LogP contribution in [0.2, 0.25) is 0 Å². The molecule has 7 rings (SSSR count). The third-order valence-electron chi connectivity index (χ3n) is 8.70. The highest BCUT2D eigenvalue weighted by atomic mass is 16.2. The first-order valence-electron chi connectivity index (χ1n) is 14.7. The number of hydrazine groups is 1. The monoisotopic (exact) mass is 572 g/mol. The molecule has 3 aromatic rings. The third-order valence-corrected chi connectivity index (χ3v) is 8.70. The maximum Gasteiger partial charge on any atom is 0.263 e. The third kappa shape index (κ3) is 4.52. The Labute approximate surface area is 250 Å². The van der Waals surface area contributed by atoms with Gasteiger partial charge in [0.25, 0.3) is 17.7 Å². The van der Waals surface area contributed by atoms with Crippen LogP contribution in [-0.4, -0.2) is 46.4 Å². The Hall–Kier alpha value is -5.05. The predicted molar refractivity (Wildman–Crippen MR) is 162 cm³/mol. The summed E-state index contributed by atoms with van der Waals surface area (Å²) in [4.78, 5) is 42.4. The average Bonchev–Trinajstić information content (AvgIpc) is 3.68. The van der Waals surface area contributed by atoms with Crippen molar-refractivity contribution in [2.24, 2.45) is 10.3 Å². The molecule has 0 radical (unpaired) electrons. The fraction of sp³-hybridized carbons (Fsp3) is 0.265. The molecule has 9 heteroatoms. The Balaban J connectivity index is 1.17. The van der Waals surface area contributed by atoms with Gasteiger partial charge in [0.1, 0.15) is 12.6 Å². The van der Waals surface area contributed by atoms with E-state index in [1.807, 2.05) is 80.6 Å². The number of hydrogen-bond acceptors (Lipinski definition) is 7. The van der Waals surface area contributed by atoms with E-state index in [-0.39, 0.29) is 18.5 Å². The molecule has 9 nitrogen and oxygen atoms in total. The smallest absolute Gasteiger partial charge is 0.263 e. The highest BCUT2D eigenvalue weighted by molar-refractivity contribution is 6.26. The number of imide groups is 1. The molecule has 1 N–H and O–H groups in total. The molecule has 0 bridgehead atoms. The molecule has 4 aliphatic rings. The van der Waals surface area contributed by atoms with Gasteiger partial charge in [0.2, 0.25) is 0 Å². The summed E-state index contributed by atoms with van der Waals surface area (Å²) < 4.78 is 0. The minimum atomic E-state index is -0.970. The van der Waals surface area contributed by atoms with Gasteiger partial charge in [0.15, 0.2) is 12.1 Å². The Bertz CT molecular complexity index is 1690. The van der Waals surface area contributed by atoms with Crippen LogP contribution in [0.25, 0.3) is 6.08 Å². The zero-order valence-electron chi connectivity index (χ0n) is 24.1. The number of para-hydroxylation sites is 1. The van der Waals surface area contributed by atoms with E-state index in [1.54, 1.807) is 5.01 Å². The molecule has 3 aromatic carbocycles. The van der Waals surface area contributed by atoms with E-state index in [9.17, 15) is 14.4 Å². The molecule has 3 heterocycles. The first-order chi connectivity index (χ1) is 20.9. The van der Waals surface area contributed by atoms with E-state index >= 15 is 0 Å². The van der Waals surface area contributed by atoms with Crippen LogP contribution in [0.15, 0.2) is 106 Å². The highest BCUT2D eigenvalue weighted by Crippen LogP contribution is 2.44.